The molecule has 0 radical (unpaired) electrons. The summed E-state index contributed by atoms with van der Waals surface area (Å²) in [5, 5.41) is 10.0. The van der Waals surface area contributed by atoms with Crippen molar-refractivity contribution in [3.8, 4) is 17.2 Å². The number of allylic oxidation sites excluding steroid dienone is 1. The lowest BCUT2D eigenvalue weighted by atomic mass is 9.86. The van der Waals surface area contributed by atoms with Crippen molar-refractivity contribution in [2.24, 2.45) is 0 Å². The van der Waals surface area contributed by atoms with Crippen molar-refractivity contribution in [3.05, 3.63) is 83.2 Å². The third-order valence-corrected chi connectivity index (χ3v) is 9.40. The monoisotopic (exact) mass is 549 g/mol. The van der Waals surface area contributed by atoms with Crippen LogP contribution in [0.5, 0.6) is 17.2 Å². The fourth-order valence-corrected chi connectivity index (χ4v) is 6.99. The number of benzene rings is 3. The Balaban J connectivity index is 1.33. The highest BCUT2D eigenvalue weighted by Crippen LogP contribution is 2.49. The number of fused-ring (bicyclic) bond motifs is 2. The lowest BCUT2D eigenvalue weighted by Gasteiger charge is -2.31. The summed E-state index contributed by atoms with van der Waals surface area (Å²) in [5.41, 5.74) is 2.80. The van der Waals surface area contributed by atoms with E-state index in [0.717, 1.165) is 24.1 Å². The molecule has 3 atom stereocenters. The summed E-state index contributed by atoms with van der Waals surface area (Å²) < 4.78 is 52.2. The fraction of sp³-hybridized carbons (Fsp3) is 0.355. The Morgan fingerprint density at radius 2 is 1.87 bits per heavy atom. The Morgan fingerprint density at radius 3 is 2.64 bits per heavy atom. The summed E-state index contributed by atoms with van der Waals surface area (Å²) in [6.45, 7) is 3.59. The zero-order valence-electron chi connectivity index (χ0n) is 22.1. The minimum Gasteiger partial charge on any atom is -0.505 e. The van der Waals surface area contributed by atoms with Gasteiger partial charge in [-0.3, -0.25) is 4.90 Å². The molecule has 3 aliphatic heterocycles. The lowest BCUT2D eigenvalue weighted by Crippen LogP contribution is -2.35. The fourth-order valence-electron chi connectivity index (χ4n) is 6.32. The van der Waals surface area contributed by atoms with Gasteiger partial charge in [-0.25, -0.2) is 12.8 Å². The lowest BCUT2D eigenvalue weighted by molar-refractivity contribution is 0.169. The Labute approximate surface area is 228 Å². The first-order chi connectivity index (χ1) is 18.7. The molecule has 2 fully saturated rings. The van der Waals surface area contributed by atoms with Gasteiger partial charge in [0.2, 0.25) is 0 Å². The predicted octanol–water partition coefficient (Wildman–Crippen LogP) is 6.00. The molecule has 0 aromatic heterocycles. The molecule has 8 heteroatoms. The van der Waals surface area contributed by atoms with Crippen LogP contribution in [0.4, 0.5) is 4.39 Å². The van der Waals surface area contributed by atoms with Crippen LogP contribution < -0.4 is 9.47 Å². The number of phenols is 1. The van der Waals surface area contributed by atoms with Gasteiger partial charge in [-0.15, -0.1) is 0 Å². The third-order valence-electron chi connectivity index (χ3n) is 8.29. The maximum atomic E-state index is 15.1. The number of aromatic hydroxyl groups is 1. The average Bonchev–Trinajstić information content (AvgIpc) is 3.54. The topological polar surface area (TPSA) is 76.1 Å². The molecule has 1 N–H and O–H groups in total. The summed E-state index contributed by atoms with van der Waals surface area (Å²) in [6.07, 6.45) is 5.52. The second-order valence-electron chi connectivity index (χ2n) is 10.8. The average molecular weight is 550 g/mol. The van der Waals surface area contributed by atoms with E-state index in [0.29, 0.717) is 41.1 Å². The van der Waals surface area contributed by atoms with E-state index in [2.05, 4.69) is 4.90 Å². The van der Waals surface area contributed by atoms with Crippen LogP contribution in [0.1, 0.15) is 55.4 Å². The quantitative estimate of drug-likeness (QED) is 0.406. The molecule has 1 unspecified atom stereocenters. The van der Waals surface area contributed by atoms with Crippen LogP contribution in [0.2, 0.25) is 0 Å². The van der Waals surface area contributed by atoms with E-state index in [1.807, 2.05) is 24.3 Å². The molecule has 6 rings (SSSR count). The van der Waals surface area contributed by atoms with Crippen molar-refractivity contribution in [2.45, 2.75) is 55.7 Å². The van der Waals surface area contributed by atoms with Gasteiger partial charge < -0.3 is 14.6 Å². The summed E-state index contributed by atoms with van der Waals surface area (Å²) in [7, 11) is -3.46. The highest BCUT2D eigenvalue weighted by atomic mass is 32.2. The summed E-state index contributed by atoms with van der Waals surface area (Å²) in [5.74, 6) is -0.146. The van der Waals surface area contributed by atoms with E-state index in [1.54, 1.807) is 31.2 Å². The predicted molar refractivity (Wildman–Crippen MR) is 148 cm³/mol. The standard InChI is InChI=1S/C31H32FNO5S/c1-19-28(21-5-3-7-25(17-21)39(2,35)36)31(38-27-15-14-26(34)30(32)29(19)27)20-8-12-24(13-9-20)37-18-23-11-10-22-6-4-16-33(22)23/h3,5,7-9,12-15,17,22-23,31,34H,4,6,10-11,16,18H2,1-2H3/t22-,23-,31?/m0/s1. The van der Waals surface area contributed by atoms with Gasteiger partial charge >= 0.3 is 0 Å². The molecule has 0 amide bonds. The van der Waals surface area contributed by atoms with Crippen LogP contribution in [-0.2, 0) is 9.84 Å². The van der Waals surface area contributed by atoms with Crippen LogP contribution in [0.15, 0.2) is 65.6 Å². The first-order valence-corrected chi connectivity index (χ1v) is 15.3. The number of hydrogen-bond donors (Lipinski definition) is 1. The van der Waals surface area contributed by atoms with Gasteiger partial charge in [-0.05, 0) is 92.2 Å². The van der Waals surface area contributed by atoms with Gasteiger partial charge in [0.1, 0.15) is 24.2 Å². The van der Waals surface area contributed by atoms with Crippen LogP contribution in [0.25, 0.3) is 11.1 Å². The molecule has 39 heavy (non-hydrogen) atoms. The van der Waals surface area contributed by atoms with Crippen LogP contribution in [0, 0.1) is 5.82 Å². The van der Waals surface area contributed by atoms with E-state index >= 15 is 4.39 Å². The highest BCUT2D eigenvalue weighted by Gasteiger charge is 2.37. The molecule has 3 aromatic rings. The van der Waals surface area contributed by atoms with Crippen molar-refractivity contribution < 1.29 is 27.4 Å². The third kappa shape index (κ3) is 4.80. The maximum Gasteiger partial charge on any atom is 0.176 e. The number of nitrogens with zero attached hydrogens (tertiary/aromatic N) is 1. The second-order valence-corrected chi connectivity index (χ2v) is 12.8. The Morgan fingerprint density at radius 1 is 1.08 bits per heavy atom. The number of hydrogen-bond acceptors (Lipinski definition) is 6. The van der Waals surface area contributed by atoms with E-state index < -0.39 is 27.5 Å². The number of phenolic OH excluding ortho intramolecular Hbond substituents is 1. The van der Waals surface area contributed by atoms with Crippen LogP contribution in [-0.4, -0.2) is 49.9 Å². The molecule has 0 aliphatic carbocycles. The number of ether oxygens (including phenoxy) is 2. The van der Waals surface area contributed by atoms with Crippen molar-refractivity contribution in [1.82, 2.24) is 4.90 Å². The normalized spacial score (nSPS) is 22.9. The summed E-state index contributed by atoms with van der Waals surface area (Å²) in [6, 6.07) is 18.3. The van der Waals surface area contributed by atoms with Crippen LogP contribution >= 0.6 is 0 Å². The maximum absolute atomic E-state index is 15.1. The number of rotatable bonds is 6. The van der Waals surface area contributed by atoms with E-state index in [9.17, 15) is 13.5 Å². The Hall–Kier alpha value is -3.36. The van der Waals surface area contributed by atoms with E-state index in [-0.39, 0.29) is 10.5 Å². The van der Waals surface area contributed by atoms with Gasteiger partial charge in [0, 0.05) is 23.9 Å². The largest absolute Gasteiger partial charge is 0.505 e. The Kier molecular flexibility index (Phi) is 6.63. The van der Waals surface area contributed by atoms with Gasteiger partial charge in [-0.1, -0.05) is 24.3 Å². The molecule has 0 bridgehead atoms. The zero-order chi connectivity index (χ0) is 27.3. The van der Waals surface area contributed by atoms with Crippen molar-refractivity contribution >= 4 is 21.0 Å². The molecule has 3 aliphatic rings. The Bertz CT molecular complexity index is 1550. The molecule has 204 valence electrons. The minimum absolute atomic E-state index is 0.164. The molecule has 3 aromatic carbocycles. The number of sulfone groups is 1. The first-order valence-electron chi connectivity index (χ1n) is 13.4. The number of halogens is 1. The van der Waals surface area contributed by atoms with Gasteiger partial charge in [0.15, 0.2) is 21.4 Å². The van der Waals surface area contributed by atoms with Crippen molar-refractivity contribution in [1.29, 1.82) is 0 Å². The van der Waals surface area contributed by atoms with Crippen molar-refractivity contribution in [2.75, 3.05) is 19.4 Å². The van der Waals surface area contributed by atoms with E-state index in [1.165, 1.54) is 37.8 Å². The van der Waals surface area contributed by atoms with Gasteiger partial charge in [0.05, 0.1) is 10.5 Å². The van der Waals surface area contributed by atoms with Crippen molar-refractivity contribution in [3.63, 3.8) is 0 Å². The summed E-state index contributed by atoms with van der Waals surface area (Å²) in [4.78, 5) is 2.75. The zero-order valence-corrected chi connectivity index (χ0v) is 22.9. The summed E-state index contributed by atoms with van der Waals surface area (Å²) >= 11 is 0. The molecule has 0 spiro atoms. The van der Waals surface area contributed by atoms with Gasteiger partial charge in [0.25, 0.3) is 0 Å². The molecular weight excluding hydrogens is 517 g/mol. The van der Waals surface area contributed by atoms with Crippen LogP contribution in [0.3, 0.4) is 0 Å². The SMILES string of the molecule is CC1=C(c2cccc(S(C)(=O)=O)c2)C(c2ccc(OC[C@@H]3CC[C@@H]4CCCN43)cc2)Oc2ccc(O)c(F)c21. The minimum atomic E-state index is -3.46. The molecule has 2 saturated heterocycles. The van der Waals surface area contributed by atoms with Gasteiger partial charge in [-0.2, -0.15) is 0 Å². The highest BCUT2D eigenvalue weighted by molar-refractivity contribution is 7.90. The molecular formula is C31H32FNO5S. The first kappa shape index (κ1) is 25.9. The van der Waals surface area contributed by atoms with E-state index in [4.69, 9.17) is 9.47 Å². The molecule has 6 nitrogen and oxygen atoms in total. The smallest absolute Gasteiger partial charge is 0.176 e. The molecule has 3 heterocycles. The molecule has 0 saturated carbocycles. The second kappa shape index (κ2) is 9.99.